The van der Waals surface area contributed by atoms with Gasteiger partial charge in [-0.15, -0.1) is 0 Å². The van der Waals surface area contributed by atoms with Gasteiger partial charge in [0.25, 0.3) is 0 Å². The van der Waals surface area contributed by atoms with Crippen molar-refractivity contribution in [2.24, 2.45) is 5.73 Å². The van der Waals surface area contributed by atoms with Gasteiger partial charge in [-0.05, 0) is 49.2 Å². The van der Waals surface area contributed by atoms with Gasteiger partial charge < -0.3 is 11.1 Å². The number of anilines is 1. The lowest BCUT2D eigenvalue weighted by Gasteiger charge is -2.19. The second-order valence-electron chi connectivity index (χ2n) is 7.80. The van der Waals surface area contributed by atoms with Crippen molar-refractivity contribution in [2.75, 3.05) is 11.9 Å². The molecule has 136 valence electrons. The summed E-state index contributed by atoms with van der Waals surface area (Å²) >= 11 is 0. The molecule has 0 fully saturated rings. The van der Waals surface area contributed by atoms with Crippen LogP contribution in [0.3, 0.4) is 0 Å². The molecule has 3 heteroatoms. The van der Waals surface area contributed by atoms with E-state index >= 15 is 0 Å². The largest absolute Gasteiger partial charge is 0.384 e. The third-order valence-corrected chi connectivity index (χ3v) is 4.85. The molecule has 0 unspecified atom stereocenters. The molecule has 0 saturated heterocycles. The van der Waals surface area contributed by atoms with Crippen molar-refractivity contribution in [1.82, 2.24) is 4.98 Å². The van der Waals surface area contributed by atoms with Gasteiger partial charge in [-0.3, -0.25) is 0 Å². The lowest BCUT2D eigenvalue weighted by atomic mass is 10.0. The molecule has 4 rings (SSSR count). The maximum absolute atomic E-state index is 6.13. The molecule has 27 heavy (non-hydrogen) atoms. The van der Waals surface area contributed by atoms with Crippen molar-refractivity contribution in [3.8, 4) is 11.3 Å². The first-order valence-electron chi connectivity index (χ1n) is 9.41. The number of aromatic nitrogens is 1. The summed E-state index contributed by atoms with van der Waals surface area (Å²) in [4.78, 5) is 4.91. The number of nitrogens with one attached hydrogen (secondary N) is 1. The minimum Gasteiger partial charge on any atom is -0.384 e. The maximum atomic E-state index is 6.13. The maximum Gasteiger partial charge on any atom is 0.0730 e. The van der Waals surface area contributed by atoms with Crippen LogP contribution in [-0.2, 0) is 0 Å². The summed E-state index contributed by atoms with van der Waals surface area (Å²) < 4.78 is 0. The van der Waals surface area contributed by atoms with Gasteiger partial charge in [0, 0.05) is 28.7 Å². The Bertz CT molecular complexity index is 1090. The number of rotatable bonds is 5. The average molecular weight is 355 g/mol. The predicted molar refractivity (Wildman–Crippen MR) is 116 cm³/mol. The van der Waals surface area contributed by atoms with Crippen LogP contribution >= 0.6 is 0 Å². The van der Waals surface area contributed by atoms with Gasteiger partial charge in [-0.1, -0.05) is 54.6 Å². The Labute approximate surface area is 160 Å². The van der Waals surface area contributed by atoms with E-state index in [2.05, 4.69) is 85.9 Å². The highest BCUT2D eigenvalue weighted by Gasteiger charge is 2.12. The van der Waals surface area contributed by atoms with Gasteiger partial charge in [-0.2, -0.15) is 0 Å². The minimum atomic E-state index is -0.184. The quantitative estimate of drug-likeness (QED) is 0.490. The van der Waals surface area contributed by atoms with Crippen LogP contribution in [-0.4, -0.2) is 17.1 Å². The van der Waals surface area contributed by atoms with E-state index in [1.165, 1.54) is 10.8 Å². The van der Waals surface area contributed by atoms with Crippen LogP contribution in [0.15, 0.2) is 72.8 Å². The zero-order valence-electron chi connectivity index (χ0n) is 15.9. The number of nitrogens with two attached hydrogens (primary N) is 1. The summed E-state index contributed by atoms with van der Waals surface area (Å²) in [5.74, 6) is 0. The van der Waals surface area contributed by atoms with Gasteiger partial charge >= 0.3 is 0 Å². The van der Waals surface area contributed by atoms with Crippen LogP contribution < -0.4 is 11.1 Å². The SMILES string of the molecule is CC(C)(N)CCNc1cc(-c2ccc3ccccc3c2)nc2ccccc12. The van der Waals surface area contributed by atoms with Crippen molar-refractivity contribution in [1.29, 1.82) is 0 Å². The molecule has 1 heterocycles. The summed E-state index contributed by atoms with van der Waals surface area (Å²) in [5.41, 5.74) is 10.2. The number of hydrogen-bond acceptors (Lipinski definition) is 3. The zero-order chi connectivity index (χ0) is 18.9. The fourth-order valence-electron chi connectivity index (χ4n) is 3.34. The van der Waals surface area contributed by atoms with Crippen LogP contribution in [0.1, 0.15) is 20.3 Å². The smallest absolute Gasteiger partial charge is 0.0730 e. The highest BCUT2D eigenvalue weighted by atomic mass is 14.9. The van der Waals surface area contributed by atoms with Crippen LogP contribution in [0, 0.1) is 0 Å². The Balaban J connectivity index is 1.76. The molecule has 0 aliphatic carbocycles. The molecule has 0 amide bonds. The van der Waals surface area contributed by atoms with E-state index in [4.69, 9.17) is 10.7 Å². The van der Waals surface area contributed by atoms with E-state index in [0.29, 0.717) is 0 Å². The summed E-state index contributed by atoms with van der Waals surface area (Å²) in [6, 6.07) is 25.3. The Morgan fingerprint density at radius 2 is 1.63 bits per heavy atom. The molecule has 0 aliphatic heterocycles. The van der Waals surface area contributed by atoms with Gasteiger partial charge in [0.05, 0.1) is 11.2 Å². The lowest BCUT2D eigenvalue weighted by molar-refractivity contribution is 0.491. The number of hydrogen-bond donors (Lipinski definition) is 2. The molecule has 4 aromatic rings. The molecule has 0 bridgehead atoms. The van der Waals surface area contributed by atoms with Crippen molar-refractivity contribution in [3.05, 3.63) is 72.8 Å². The van der Waals surface area contributed by atoms with Crippen LogP contribution in [0.4, 0.5) is 5.69 Å². The van der Waals surface area contributed by atoms with Gasteiger partial charge in [0.2, 0.25) is 0 Å². The predicted octanol–water partition coefficient (Wildman–Crippen LogP) is 5.59. The standard InChI is InChI=1S/C24H25N3/c1-24(2,25)13-14-26-23-16-22(27-21-10-6-5-9-20(21)23)19-12-11-17-7-3-4-8-18(17)15-19/h3-12,15-16H,13-14,25H2,1-2H3,(H,26,27). The molecular formula is C24H25N3. The number of fused-ring (bicyclic) bond motifs is 2. The number of nitrogens with zero attached hydrogens (tertiary/aromatic N) is 1. The highest BCUT2D eigenvalue weighted by molar-refractivity contribution is 5.95. The Hall–Kier alpha value is -2.91. The minimum absolute atomic E-state index is 0.184. The third kappa shape index (κ3) is 3.93. The summed E-state index contributed by atoms with van der Waals surface area (Å²) in [5, 5.41) is 7.18. The monoisotopic (exact) mass is 355 g/mol. The average Bonchev–Trinajstić information content (AvgIpc) is 2.66. The summed E-state index contributed by atoms with van der Waals surface area (Å²) in [6.45, 7) is 4.94. The number of pyridine rings is 1. The van der Waals surface area contributed by atoms with E-state index in [1.54, 1.807) is 0 Å². The van der Waals surface area contributed by atoms with Gasteiger partial charge in [-0.25, -0.2) is 4.98 Å². The molecule has 0 aliphatic rings. The van der Waals surface area contributed by atoms with Crippen LogP contribution in [0.2, 0.25) is 0 Å². The van der Waals surface area contributed by atoms with Crippen LogP contribution in [0.25, 0.3) is 32.9 Å². The van der Waals surface area contributed by atoms with Crippen molar-refractivity contribution >= 4 is 27.4 Å². The normalized spacial score (nSPS) is 11.8. The number of para-hydroxylation sites is 1. The fraction of sp³-hybridized carbons (Fsp3) is 0.208. The molecule has 0 saturated carbocycles. The van der Waals surface area contributed by atoms with E-state index in [9.17, 15) is 0 Å². The third-order valence-electron chi connectivity index (χ3n) is 4.85. The van der Waals surface area contributed by atoms with Gasteiger partial charge in [0.15, 0.2) is 0 Å². The van der Waals surface area contributed by atoms with Crippen LogP contribution in [0.5, 0.6) is 0 Å². The molecule has 0 spiro atoms. The number of benzene rings is 3. The molecule has 3 nitrogen and oxygen atoms in total. The Morgan fingerprint density at radius 1 is 0.889 bits per heavy atom. The molecule has 0 atom stereocenters. The molecule has 3 aromatic carbocycles. The van der Waals surface area contributed by atoms with E-state index in [1.807, 2.05) is 6.07 Å². The summed E-state index contributed by atoms with van der Waals surface area (Å²) in [7, 11) is 0. The van der Waals surface area contributed by atoms with E-state index < -0.39 is 0 Å². The zero-order valence-corrected chi connectivity index (χ0v) is 15.9. The first-order chi connectivity index (χ1) is 13.0. The van der Waals surface area contributed by atoms with Gasteiger partial charge in [0.1, 0.15) is 0 Å². The molecular weight excluding hydrogens is 330 g/mol. The lowest BCUT2D eigenvalue weighted by Crippen LogP contribution is -2.34. The first-order valence-corrected chi connectivity index (χ1v) is 9.41. The molecule has 3 N–H and O–H groups in total. The molecule has 0 radical (unpaired) electrons. The second-order valence-corrected chi connectivity index (χ2v) is 7.80. The second kappa shape index (κ2) is 7.01. The van der Waals surface area contributed by atoms with E-state index in [0.717, 1.165) is 40.8 Å². The van der Waals surface area contributed by atoms with Crippen molar-refractivity contribution in [3.63, 3.8) is 0 Å². The Morgan fingerprint density at radius 3 is 2.44 bits per heavy atom. The highest BCUT2D eigenvalue weighted by Crippen LogP contribution is 2.30. The van der Waals surface area contributed by atoms with E-state index in [-0.39, 0.29) is 5.54 Å². The summed E-state index contributed by atoms with van der Waals surface area (Å²) in [6.07, 6.45) is 0.898. The first kappa shape index (κ1) is 17.5. The fourth-order valence-corrected chi connectivity index (χ4v) is 3.34. The van der Waals surface area contributed by atoms with Crippen molar-refractivity contribution < 1.29 is 0 Å². The topological polar surface area (TPSA) is 50.9 Å². The Kier molecular flexibility index (Phi) is 4.54. The van der Waals surface area contributed by atoms with Crippen molar-refractivity contribution in [2.45, 2.75) is 25.8 Å². The molecule has 1 aromatic heterocycles.